The zero-order valence-electron chi connectivity index (χ0n) is 11.9. The number of hydrogen-bond donors (Lipinski definition) is 1. The van der Waals surface area contributed by atoms with Gasteiger partial charge in [0.15, 0.2) is 11.6 Å². The molecule has 3 rings (SSSR count). The third-order valence-corrected chi connectivity index (χ3v) is 4.00. The molecule has 0 bridgehead atoms. The van der Waals surface area contributed by atoms with Crippen LogP contribution in [0.15, 0.2) is 48.5 Å². The first-order valence-corrected chi connectivity index (χ1v) is 7.45. The topological polar surface area (TPSA) is 12.0 Å². The van der Waals surface area contributed by atoms with Crippen molar-refractivity contribution < 1.29 is 8.78 Å². The molecule has 1 saturated carbocycles. The maximum Gasteiger partial charge on any atom is 0.162 e. The van der Waals surface area contributed by atoms with E-state index in [-0.39, 0.29) is 5.92 Å². The summed E-state index contributed by atoms with van der Waals surface area (Å²) in [5.41, 5.74) is 1.61. The van der Waals surface area contributed by atoms with Gasteiger partial charge in [0.05, 0.1) is 0 Å². The lowest BCUT2D eigenvalue weighted by Gasteiger charge is -2.19. The molecule has 0 aromatic heterocycles. The number of hydrogen-bond acceptors (Lipinski definition) is 1. The van der Waals surface area contributed by atoms with E-state index in [1.807, 2.05) is 18.2 Å². The molecule has 0 aliphatic heterocycles. The van der Waals surface area contributed by atoms with Crippen LogP contribution in [0.3, 0.4) is 0 Å². The van der Waals surface area contributed by atoms with Gasteiger partial charge in [-0.3, -0.25) is 0 Å². The second-order valence-electron chi connectivity index (χ2n) is 5.71. The first-order valence-electron chi connectivity index (χ1n) is 7.45. The maximum atomic E-state index is 13.9. The highest BCUT2D eigenvalue weighted by Gasteiger charge is 2.23. The lowest BCUT2D eigenvalue weighted by atomic mass is 9.91. The lowest BCUT2D eigenvalue weighted by molar-refractivity contribution is 0.489. The van der Waals surface area contributed by atoms with E-state index < -0.39 is 11.6 Å². The lowest BCUT2D eigenvalue weighted by Crippen LogP contribution is -2.25. The summed E-state index contributed by atoms with van der Waals surface area (Å²) in [5.74, 6) is -1.33. The van der Waals surface area contributed by atoms with Crippen molar-refractivity contribution in [2.24, 2.45) is 0 Å². The van der Waals surface area contributed by atoms with Crippen molar-refractivity contribution in [2.75, 3.05) is 6.54 Å². The van der Waals surface area contributed by atoms with E-state index in [2.05, 4.69) is 17.4 Å². The van der Waals surface area contributed by atoms with Crippen molar-refractivity contribution in [1.29, 1.82) is 0 Å². The first kappa shape index (κ1) is 14.2. The van der Waals surface area contributed by atoms with E-state index in [1.54, 1.807) is 12.1 Å². The van der Waals surface area contributed by atoms with E-state index in [4.69, 9.17) is 0 Å². The summed E-state index contributed by atoms with van der Waals surface area (Å²) >= 11 is 0. The van der Waals surface area contributed by atoms with Crippen LogP contribution in [-0.2, 0) is 6.42 Å². The molecule has 21 heavy (non-hydrogen) atoms. The third-order valence-electron chi connectivity index (χ3n) is 4.00. The van der Waals surface area contributed by atoms with E-state index in [0.29, 0.717) is 18.0 Å². The van der Waals surface area contributed by atoms with Crippen LogP contribution in [0.5, 0.6) is 0 Å². The zero-order chi connectivity index (χ0) is 14.7. The minimum atomic E-state index is -0.769. The Labute approximate surface area is 124 Å². The number of benzene rings is 2. The molecule has 2 aromatic carbocycles. The molecule has 1 fully saturated rings. The minimum Gasteiger partial charge on any atom is -0.313 e. The summed E-state index contributed by atoms with van der Waals surface area (Å²) in [4.78, 5) is 0. The monoisotopic (exact) mass is 287 g/mol. The molecule has 110 valence electrons. The molecule has 1 N–H and O–H groups in total. The average Bonchev–Trinajstić information content (AvgIpc) is 3.33. The molecule has 0 saturated heterocycles. The van der Waals surface area contributed by atoms with E-state index >= 15 is 0 Å². The fourth-order valence-corrected chi connectivity index (χ4v) is 2.60. The molecule has 0 spiro atoms. The van der Waals surface area contributed by atoms with Crippen LogP contribution in [0.1, 0.15) is 29.9 Å². The summed E-state index contributed by atoms with van der Waals surface area (Å²) < 4.78 is 27.3. The van der Waals surface area contributed by atoms with Gasteiger partial charge in [0.2, 0.25) is 0 Å². The summed E-state index contributed by atoms with van der Waals surface area (Å²) in [6.45, 7) is 0.796. The van der Waals surface area contributed by atoms with Gasteiger partial charge in [-0.15, -0.1) is 0 Å². The fourth-order valence-electron chi connectivity index (χ4n) is 2.60. The van der Waals surface area contributed by atoms with Crippen LogP contribution < -0.4 is 5.32 Å². The highest BCUT2D eigenvalue weighted by molar-refractivity contribution is 5.26. The Morgan fingerprint density at radius 2 is 1.76 bits per heavy atom. The molecule has 0 radical (unpaired) electrons. The van der Waals surface area contributed by atoms with Crippen molar-refractivity contribution >= 4 is 0 Å². The van der Waals surface area contributed by atoms with Gasteiger partial charge >= 0.3 is 0 Å². The molecule has 1 aliphatic carbocycles. The van der Waals surface area contributed by atoms with E-state index in [1.165, 1.54) is 18.9 Å². The Kier molecular flexibility index (Phi) is 4.30. The standard InChI is InChI=1S/C18H19F2N/c19-17-8-4-7-14(18(17)20)11-15(12-21-16-9-10-16)13-5-2-1-3-6-13/h1-8,15-16,21H,9-12H2. The van der Waals surface area contributed by atoms with Crippen LogP contribution >= 0.6 is 0 Å². The van der Waals surface area contributed by atoms with E-state index in [0.717, 1.165) is 12.1 Å². The van der Waals surface area contributed by atoms with Gasteiger partial charge in [-0.05, 0) is 36.5 Å². The highest BCUT2D eigenvalue weighted by Crippen LogP contribution is 2.25. The van der Waals surface area contributed by atoms with E-state index in [9.17, 15) is 8.78 Å². The first-order chi connectivity index (χ1) is 10.2. The smallest absolute Gasteiger partial charge is 0.162 e. The molecule has 0 amide bonds. The summed E-state index contributed by atoms with van der Waals surface area (Å²) in [5, 5.41) is 3.49. The normalized spacial score (nSPS) is 15.9. The average molecular weight is 287 g/mol. The Bertz CT molecular complexity index is 593. The number of nitrogens with one attached hydrogen (secondary N) is 1. The predicted molar refractivity (Wildman–Crippen MR) is 80.3 cm³/mol. The summed E-state index contributed by atoms with van der Waals surface area (Å²) in [6.07, 6.45) is 2.94. The number of rotatable bonds is 6. The van der Waals surface area contributed by atoms with Gasteiger partial charge in [0.1, 0.15) is 0 Å². The van der Waals surface area contributed by atoms with Crippen molar-refractivity contribution in [3.05, 3.63) is 71.3 Å². The van der Waals surface area contributed by atoms with Crippen molar-refractivity contribution in [3.63, 3.8) is 0 Å². The highest BCUT2D eigenvalue weighted by atomic mass is 19.2. The van der Waals surface area contributed by atoms with Gasteiger partial charge in [0.25, 0.3) is 0 Å². The van der Waals surface area contributed by atoms with Gasteiger partial charge in [-0.1, -0.05) is 42.5 Å². The van der Waals surface area contributed by atoms with Crippen LogP contribution in [0, 0.1) is 11.6 Å². The Morgan fingerprint density at radius 3 is 2.48 bits per heavy atom. The zero-order valence-corrected chi connectivity index (χ0v) is 11.9. The third kappa shape index (κ3) is 3.67. The molecule has 1 atom stereocenters. The second kappa shape index (κ2) is 6.35. The van der Waals surface area contributed by atoms with Crippen molar-refractivity contribution in [2.45, 2.75) is 31.2 Å². The molecule has 1 nitrogen and oxygen atoms in total. The second-order valence-corrected chi connectivity index (χ2v) is 5.71. The molecular formula is C18H19F2N. The Morgan fingerprint density at radius 1 is 1.00 bits per heavy atom. The predicted octanol–water partition coefficient (Wildman–Crippen LogP) is 4.04. The van der Waals surface area contributed by atoms with Crippen molar-refractivity contribution in [1.82, 2.24) is 5.32 Å². The molecular weight excluding hydrogens is 268 g/mol. The minimum absolute atomic E-state index is 0.156. The molecule has 1 unspecified atom stereocenters. The summed E-state index contributed by atoms with van der Waals surface area (Å²) in [6, 6.07) is 15.1. The van der Waals surface area contributed by atoms with Gasteiger partial charge < -0.3 is 5.32 Å². The van der Waals surface area contributed by atoms with Crippen LogP contribution in [0.4, 0.5) is 8.78 Å². The SMILES string of the molecule is Fc1cccc(CC(CNC2CC2)c2ccccc2)c1F. The van der Waals surface area contributed by atoms with Crippen LogP contribution in [0.2, 0.25) is 0 Å². The Hall–Kier alpha value is -1.74. The van der Waals surface area contributed by atoms with Gasteiger partial charge in [-0.2, -0.15) is 0 Å². The van der Waals surface area contributed by atoms with Gasteiger partial charge in [-0.25, -0.2) is 8.78 Å². The number of halogens is 2. The molecule has 3 heteroatoms. The van der Waals surface area contributed by atoms with Crippen molar-refractivity contribution in [3.8, 4) is 0 Å². The Balaban J connectivity index is 1.79. The van der Waals surface area contributed by atoms with Crippen LogP contribution in [0.25, 0.3) is 0 Å². The summed E-state index contributed by atoms with van der Waals surface area (Å²) in [7, 11) is 0. The fraction of sp³-hybridized carbons (Fsp3) is 0.333. The quantitative estimate of drug-likeness (QED) is 0.845. The maximum absolute atomic E-state index is 13.9. The largest absolute Gasteiger partial charge is 0.313 e. The molecule has 0 heterocycles. The molecule has 2 aromatic rings. The molecule has 1 aliphatic rings. The van der Waals surface area contributed by atoms with Crippen LogP contribution in [-0.4, -0.2) is 12.6 Å². The van der Waals surface area contributed by atoms with Gasteiger partial charge in [0, 0.05) is 18.5 Å².